The fourth-order valence-corrected chi connectivity index (χ4v) is 4.12. The van der Waals surface area contributed by atoms with Crippen molar-refractivity contribution < 1.29 is 4.79 Å². The maximum atomic E-state index is 12.1. The number of rotatable bonds is 6. The average Bonchev–Trinajstić information content (AvgIpc) is 3.35. The van der Waals surface area contributed by atoms with E-state index in [0.717, 1.165) is 38.9 Å². The number of nitrogens with one attached hydrogen (secondary N) is 2. The van der Waals surface area contributed by atoms with Gasteiger partial charge in [0.25, 0.3) is 0 Å². The van der Waals surface area contributed by atoms with Crippen molar-refractivity contribution >= 4 is 51.1 Å². The lowest BCUT2D eigenvalue weighted by Gasteiger charge is -2.10. The molecular formula is C21H19ClN6OS2. The maximum absolute atomic E-state index is 12.1. The van der Waals surface area contributed by atoms with Crippen LogP contribution in [-0.2, 0) is 24.2 Å². The number of aryl methyl sites for hydroxylation is 1. The Morgan fingerprint density at radius 1 is 1.10 bits per heavy atom. The number of aromatic nitrogens is 4. The van der Waals surface area contributed by atoms with E-state index in [1.54, 1.807) is 16.6 Å². The molecule has 0 aliphatic heterocycles. The Morgan fingerprint density at radius 2 is 1.81 bits per heavy atom. The topological polar surface area (TPSA) is 84.2 Å². The lowest BCUT2D eigenvalue weighted by Crippen LogP contribution is -2.39. The molecule has 0 unspecified atom stereocenters. The number of benzene rings is 2. The van der Waals surface area contributed by atoms with Crippen molar-refractivity contribution in [3.63, 3.8) is 0 Å². The zero-order chi connectivity index (χ0) is 21.8. The van der Waals surface area contributed by atoms with E-state index in [0.29, 0.717) is 16.7 Å². The molecule has 0 aliphatic rings. The van der Waals surface area contributed by atoms with Gasteiger partial charge in [-0.3, -0.25) is 4.79 Å². The van der Waals surface area contributed by atoms with Crippen LogP contribution in [0.15, 0.2) is 48.5 Å². The molecule has 2 aromatic heterocycles. The molecule has 2 aromatic carbocycles. The fourth-order valence-electron chi connectivity index (χ4n) is 2.94. The molecule has 7 nitrogen and oxygen atoms in total. The predicted molar refractivity (Wildman–Crippen MR) is 126 cm³/mol. The first-order chi connectivity index (χ1) is 15.0. The van der Waals surface area contributed by atoms with Crippen LogP contribution in [0.25, 0.3) is 15.5 Å². The second-order valence-electron chi connectivity index (χ2n) is 6.80. The molecule has 158 valence electrons. The van der Waals surface area contributed by atoms with Crippen molar-refractivity contribution in [3.8, 4) is 10.6 Å². The Morgan fingerprint density at radius 3 is 2.52 bits per heavy atom. The Balaban J connectivity index is 1.30. The van der Waals surface area contributed by atoms with Crippen LogP contribution in [0.2, 0.25) is 5.02 Å². The minimum Gasteiger partial charge on any atom is -0.358 e. The lowest BCUT2D eigenvalue weighted by atomic mass is 10.1. The van der Waals surface area contributed by atoms with Crippen LogP contribution >= 0.6 is 35.2 Å². The number of thiocarbonyl (C=S) groups is 1. The molecule has 0 aliphatic carbocycles. The highest BCUT2D eigenvalue weighted by molar-refractivity contribution is 7.80. The average molecular weight is 471 g/mol. The van der Waals surface area contributed by atoms with Gasteiger partial charge < -0.3 is 10.6 Å². The van der Waals surface area contributed by atoms with Crippen LogP contribution in [0.4, 0.5) is 0 Å². The van der Waals surface area contributed by atoms with Crippen LogP contribution in [0.5, 0.6) is 0 Å². The number of carbonyl (C=O) groups is 1. The van der Waals surface area contributed by atoms with E-state index in [-0.39, 0.29) is 12.3 Å². The number of fused-ring (bicyclic) bond motifs is 1. The SMILES string of the molecule is CCc1nnc2sc(-c3ccc(CNC(=S)NC(=O)Cc4ccc(Cl)cc4)cc3)nn12. The first-order valence-corrected chi connectivity index (χ1v) is 11.2. The quantitative estimate of drug-likeness (QED) is 0.417. The third-order valence-electron chi connectivity index (χ3n) is 4.56. The smallest absolute Gasteiger partial charge is 0.234 e. The summed E-state index contributed by atoms with van der Waals surface area (Å²) in [6.45, 7) is 2.53. The zero-order valence-electron chi connectivity index (χ0n) is 16.6. The molecule has 0 saturated carbocycles. The van der Waals surface area contributed by atoms with Gasteiger partial charge in [-0.15, -0.1) is 10.2 Å². The summed E-state index contributed by atoms with van der Waals surface area (Å²) in [5.41, 5.74) is 2.92. The Hall–Kier alpha value is -2.88. The number of nitrogens with zero attached hydrogens (tertiary/aromatic N) is 4. The Bertz CT molecular complexity index is 1220. The number of halogens is 1. The van der Waals surface area contributed by atoms with E-state index in [1.165, 1.54) is 11.3 Å². The van der Waals surface area contributed by atoms with Crippen LogP contribution in [0, 0.1) is 0 Å². The summed E-state index contributed by atoms with van der Waals surface area (Å²) in [6.07, 6.45) is 1.02. The molecule has 1 amide bonds. The molecule has 31 heavy (non-hydrogen) atoms. The van der Waals surface area contributed by atoms with Crippen LogP contribution in [-0.4, -0.2) is 30.8 Å². The summed E-state index contributed by atoms with van der Waals surface area (Å²) < 4.78 is 1.79. The van der Waals surface area contributed by atoms with E-state index < -0.39 is 0 Å². The zero-order valence-corrected chi connectivity index (χ0v) is 19.0. The van der Waals surface area contributed by atoms with Gasteiger partial charge in [0.15, 0.2) is 10.9 Å². The van der Waals surface area contributed by atoms with E-state index >= 15 is 0 Å². The normalized spacial score (nSPS) is 10.9. The predicted octanol–water partition coefficient (Wildman–Crippen LogP) is 3.80. The van der Waals surface area contributed by atoms with Gasteiger partial charge in [-0.1, -0.05) is 66.3 Å². The summed E-state index contributed by atoms with van der Waals surface area (Å²) in [7, 11) is 0. The van der Waals surface area contributed by atoms with Gasteiger partial charge in [0.2, 0.25) is 10.9 Å². The molecule has 2 heterocycles. The highest BCUT2D eigenvalue weighted by atomic mass is 35.5. The van der Waals surface area contributed by atoms with Crippen molar-refractivity contribution in [2.24, 2.45) is 0 Å². The van der Waals surface area contributed by atoms with Crippen molar-refractivity contribution in [3.05, 3.63) is 70.5 Å². The van der Waals surface area contributed by atoms with Gasteiger partial charge in [-0.2, -0.15) is 9.61 Å². The Labute approximate surface area is 193 Å². The third kappa shape index (κ3) is 5.25. The second kappa shape index (κ2) is 9.51. The first kappa shape index (κ1) is 21.4. The summed E-state index contributed by atoms with van der Waals surface area (Å²) >= 11 is 12.6. The molecule has 2 N–H and O–H groups in total. The van der Waals surface area contributed by atoms with E-state index in [4.69, 9.17) is 23.8 Å². The largest absolute Gasteiger partial charge is 0.358 e. The van der Waals surface area contributed by atoms with Crippen molar-refractivity contribution in [2.45, 2.75) is 26.3 Å². The number of hydrogen-bond donors (Lipinski definition) is 2. The standard InChI is InChI=1S/C21H19ClN6OS2/c1-2-17-25-26-21-28(17)27-19(31-21)15-7-3-14(4-8-15)12-23-20(30)24-18(29)11-13-5-9-16(22)10-6-13/h3-10H,2,11-12H2,1H3,(H2,23,24,29,30). The summed E-state index contributed by atoms with van der Waals surface area (Å²) in [4.78, 5) is 12.9. The van der Waals surface area contributed by atoms with Crippen LogP contribution in [0.1, 0.15) is 23.9 Å². The highest BCUT2D eigenvalue weighted by Gasteiger charge is 2.12. The molecule has 0 spiro atoms. The second-order valence-corrected chi connectivity index (χ2v) is 8.60. The molecule has 0 radical (unpaired) electrons. The summed E-state index contributed by atoms with van der Waals surface area (Å²) in [5.74, 6) is 0.676. The molecule has 0 saturated heterocycles. The van der Waals surface area contributed by atoms with Crippen molar-refractivity contribution in [2.75, 3.05) is 0 Å². The molecule has 0 bridgehead atoms. The van der Waals surface area contributed by atoms with E-state index in [2.05, 4.69) is 25.9 Å². The van der Waals surface area contributed by atoms with Crippen molar-refractivity contribution in [1.82, 2.24) is 30.4 Å². The first-order valence-electron chi connectivity index (χ1n) is 9.64. The van der Waals surface area contributed by atoms with Gasteiger partial charge in [0, 0.05) is 23.6 Å². The van der Waals surface area contributed by atoms with Crippen LogP contribution < -0.4 is 10.6 Å². The minimum atomic E-state index is -0.176. The molecule has 10 heteroatoms. The van der Waals surface area contributed by atoms with Gasteiger partial charge in [0.1, 0.15) is 5.01 Å². The Kier molecular flexibility index (Phi) is 6.55. The van der Waals surface area contributed by atoms with E-state index in [1.807, 2.05) is 43.3 Å². The monoisotopic (exact) mass is 470 g/mol. The minimum absolute atomic E-state index is 0.176. The third-order valence-corrected chi connectivity index (χ3v) is 6.00. The van der Waals surface area contributed by atoms with Crippen molar-refractivity contribution in [1.29, 1.82) is 0 Å². The molecule has 4 aromatic rings. The van der Waals surface area contributed by atoms with Gasteiger partial charge in [-0.25, -0.2) is 0 Å². The van der Waals surface area contributed by atoms with Crippen LogP contribution in [0.3, 0.4) is 0 Å². The fraction of sp³-hybridized carbons (Fsp3) is 0.190. The van der Waals surface area contributed by atoms with E-state index in [9.17, 15) is 4.79 Å². The summed E-state index contributed by atoms with van der Waals surface area (Å²) in [6, 6.07) is 15.2. The van der Waals surface area contributed by atoms with Gasteiger partial charge in [0.05, 0.1) is 6.42 Å². The molecule has 0 atom stereocenters. The summed E-state index contributed by atoms with van der Waals surface area (Å²) in [5, 5.41) is 20.5. The number of hydrogen-bond acceptors (Lipinski definition) is 6. The molecular weight excluding hydrogens is 452 g/mol. The van der Waals surface area contributed by atoms with Gasteiger partial charge >= 0.3 is 0 Å². The number of amides is 1. The maximum Gasteiger partial charge on any atom is 0.234 e. The van der Waals surface area contributed by atoms with Gasteiger partial charge in [-0.05, 0) is 35.5 Å². The highest BCUT2D eigenvalue weighted by Crippen LogP contribution is 2.25. The molecule has 0 fully saturated rings. The lowest BCUT2D eigenvalue weighted by molar-refractivity contribution is -0.119. The molecule has 4 rings (SSSR count). The number of carbonyl (C=O) groups excluding carboxylic acids is 1.